The van der Waals surface area contributed by atoms with Gasteiger partial charge in [-0.25, -0.2) is 9.36 Å². The molecule has 1 aliphatic carbocycles. The first-order valence-electron chi connectivity index (χ1n) is 6.57. The van der Waals surface area contributed by atoms with Crippen LogP contribution >= 0.6 is 0 Å². The van der Waals surface area contributed by atoms with Crippen molar-refractivity contribution < 1.29 is 14.1 Å². The average Bonchev–Trinajstić information content (AvgIpc) is 2.57. The third-order valence-corrected chi connectivity index (χ3v) is 2.87. The molecule has 0 aromatic rings. The van der Waals surface area contributed by atoms with Crippen LogP contribution in [0, 0.1) is 0 Å². The quantitative estimate of drug-likeness (QED) is 0.660. The zero-order valence-corrected chi connectivity index (χ0v) is 11.3. The van der Waals surface area contributed by atoms with Crippen molar-refractivity contribution in [3.8, 4) is 11.3 Å². The molecule has 0 radical (unpaired) electrons. The Morgan fingerprint density at radius 1 is 1.26 bits per heavy atom. The molecule has 19 heavy (non-hydrogen) atoms. The van der Waals surface area contributed by atoms with Gasteiger partial charge in [0.1, 0.15) is 5.69 Å². The molecule has 0 amide bonds. The Morgan fingerprint density at radius 3 is 2.79 bits per heavy atom. The molecular formula is C15H19N2O2+. The molecule has 0 aromatic carbocycles. The molecule has 0 saturated carbocycles. The fraction of sp³-hybridized carbons (Fsp3) is 0.333. The molecule has 4 heteroatoms. The topological polar surface area (TPSA) is 42.2 Å². The fourth-order valence-corrected chi connectivity index (χ4v) is 2.11. The van der Waals surface area contributed by atoms with Crippen LogP contribution < -0.4 is 9.88 Å². The van der Waals surface area contributed by atoms with E-state index in [0.717, 1.165) is 23.6 Å². The summed E-state index contributed by atoms with van der Waals surface area (Å²) in [4.78, 5) is 11.7. The SMILES string of the molecule is CCNc1cc2cccccc-2[n+]1CC(=O)OCC. The van der Waals surface area contributed by atoms with E-state index in [1.54, 1.807) is 0 Å². The van der Waals surface area contributed by atoms with Gasteiger partial charge in [-0.1, -0.05) is 24.3 Å². The molecule has 0 saturated heterocycles. The first-order chi connectivity index (χ1) is 9.26. The third kappa shape index (κ3) is 3.02. The lowest BCUT2D eigenvalue weighted by molar-refractivity contribution is -0.658. The van der Waals surface area contributed by atoms with Crippen molar-refractivity contribution in [1.29, 1.82) is 0 Å². The summed E-state index contributed by atoms with van der Waals surface area (Å²) in [7, 11) is 0. The van der Waals surface area contributed by atoms with Gasteiger partial charge in [-0.2, -0.15) is 0 Å². The minimum absolute atomic E-state index is 0.217. The van der Waals surface area contributed by atoms with Gasteiger partial charge >= 0.3 is 5.97 Å². The Balaban J connectivity index is 2.40. The van der Waals surface area contributed by atoms with Crippen LogP contribution in [0.5, 0.6) is 0 Å². The first-order valence-corrected chi connectivity index (χ1v) is 6.57. The van der Waals surface area contributed by atoms with Gasteiger partial charge in [0, 0.05) is 11.6 Å². The molecule has 2 aliphatic rings. The summed E-state index contributed by atoms with van der Waals surface area (Å²) in [6, 6.07) is 12.0. The summed E-state index contributed by atoms with van der Waals surface area (Å²) >= 11 is 0. The Labute approximate surface area is 113 Å². The van der Waals surface area contributed by atoms with Crippen molar-refractivity contribution in [2.45, 2.75) is 20.4 Å². The maximum atomic E-state index is 11.7. The normalized spacial score (nSPS) is 10.4. The van der Waals surface area contributed by atoms with E-state index < -0.39 is 0 Å². The second-order valence-electron chi connectivity index (χ2n) is 4.20. The van der Waals surface area contributed by atoms with Crippen molar-refractivity contribution in [1.82, 2.24) is 0 Å². The standard InChI is InChI=1S/C15H18N2O2/c1-3-16-14-10-12-8-6-5-7-9-13(12)17(14)11-15(18)19-4-2/h5-10H,3-4,11H2,1-2H3/p+1. The summed E-state index contributed by atoms with van der Waals surface area (Å²) < 4.78 is 6.99. The zero-order chi connectivity index (χ0) is 13.7. The van der Waals surface area contributed by atoms with Gasteiger partial charge in [0.05, 0.1) is 13.2 Å². The third-order valence-electron chi connectivity index (χ3n) is 2.87. The highest BCUT2D eigenvalue weighted by atomic mass is 16.5. The number of esters is 1. The van der Waals surface area contributed by atoms with Gasteiger partial charge in [0.25, 0.3) is 5.82 Å². The number of carbonyl (C=O) groups excluding carboxylic acids is 1. The second-order valence-corrected chi connectivity index (χ2v) is 4.20. The molecule has 2 rings (SSSR count). The molecule has 0 fully saturated rings. The van der Waals surface area contributed by atoms with Gasteiger partial charge in [0.15, 0.2) is 6.54 Å². The maximum Gasteiger partial charge on any atom is 0.348 e. The number of ether oxygens (including phenoxy) is 1. The van der Waals surface area contributed by atoms with Crippen LogP contribution in [0.2, 0.25) is 0 Å². The van der Waals surface area contributed by atoms with Gasteiger partial charge in [-0.3, -0.25) is 5.32 Å². The van der Waals surface area contributed by atoms with E-state index in [9.17, 15) is 4.79 Å². The van der Waals surface area contributed by atoms with E-state index in [1.165, 1.54) is 0 Å². The highest BCUT2D eigenvalue weighted by Crippen LogP contribution is 2.22. The largest absolute Gasteiger partial charge is 0.463 e. The van der Waals surface area contributed by atoms with Crippen LogP contribution in [0.3, 0.4) is 0 Å². The minimum Gasteiger partial charge on any atom is -0.463 e. The monoisotopic (exact) mass is 259 g/mol. The molecule has 1 aliphatic heterocycles. The van der Waals surface area contributed by atoms with Gasteiger partial charge in [-0.15, -0.1) is 0 Å². The highest BCUT2D eigenvalue weighted by Gasteiger charge is 2.22. The fourth-order valence-electron chi connectivity index (χ4n) is 2.11. The lowest BCUT2D eigenvalue weighted by atomic mass is 10.2. The number of aromatic nitrogens is 1. The molecule has 0 unspecified atom stereocenters. The molecule has 100 valence electrons. The van der Waals surface area contributed by atoms with Crippen molar-refractivity contribution in [2.75, 3.05) is 18.5 Å². The Hall–Kier alpha value is -2.10. The number of anilines is 1. The number of carbonyl (C=O) groups is 1. The van der Waals surface area contributed by atoms with Crippen LogP contribution in [0.1, 0.15) is 13.8 Å². The Morgan fingerprint density at radius 2 is 2.05 bits per heavy atom. The zero-order valence-electron chi connectivity index (χ0n) is 11.3. The Kier molecular flexibility index (Phi) is 4.34. The van der Waals surface area contributed by atoms with Gasteiger partial charge in [-0.05, 0) is 19.9 Å². The summed E-state index contributed by atoms with van der Waals surface area (Å²) in [6.07, 6.45) is 0. The molecule has 1 heterocycles. The van der Waals surface area contributed by atoms with E-state index in [2.05, 4.69) is 11.4 Å². The van der Waals surface area contributed by atoms with E-state index in [4.69, 9.17) is 4.74 Å². The van der Waals surface area contributed by atoms with Gasteiger partial charge < -0.3 is 4.74 Å². The van der Waals surface area contributed by atoms with Crippen LogP contribution in [-0.2, 0) is 16.1 Å². The lowest BCUT2D eigenvalue weighted by Gasteiger charge is -2.04. The maximum absolute atomic E-state index is 11.7. The smallest absolute Gasteiger partial charge is 0.348 e. The van der Waals surface area contributed by atoms with E-state index in [0.29, 0.717) is 6.61 Å². The predicted molar refractivity (Wildman–Crippen MR) is 74.1 cm³/mol. The average molecular weight is 259 g/mol. The highest BCUT2D eigenvalue weighted by molar-refractivity contribution is 5.69. The van der Waals surface area contributed by atoms with Crippen molar-refractivity contribution in [3.05, 3.63) is 36.4 Å². The summed E-state index contributed by atoms with van der Waals surface area (Å²) in [5.74, 6) is 0.724. The molecule has 0 bridgehead atoms. The number of nitrogens with zero attached hydrogens (tertiary/aromatic N) is 1. The van der Waals surface area contributed by atoms with E-state index in [-0.39, 0.29) is 12.5 Å². The van der Waals surface area contributed by atoms with Gasteiger partial charge in [0.2, 0.25) is 0 Å². The van der Waals surface area contributed by atoms with Crippen LogP contribution in [0.15, 0.2) is 36.4 Å². The summed E-state index contributed by atoms with van der Waals surface area (Å²) in [5.41, 5.74) is 2.12. The number of hydrogen-bond donors (Lipinski definition) is 1. The molecule has 0 spiro atoms. The van der Waals surface area contributed by atoms with Crippen molar-refractivity contribution in [2.24, 2.45) is 0 Å². The van der Waals surface area contributed by atoms with Crippen molar-refractivity contribution in [3.63, 3.8) is 0 Å². The molecule has 1 N–H and O–H groups in total. The molecule has 0 atom stereocenters. The molecule has 4 nitrogen and oxygen atoms in total. The van der Waals surface area contributed by atoms with Crippen LogP contribution in [0.4, 0.5) is 5.82 Å². The molecule has 0 aromatic heterocycles. The number of rotatable bonds is 5. The first kappa shape index (κ1) is 13.3. The number of fused-ring (bicyclic) bond motifs is 1. The predicted octanol–water partition coefficient (Wildman–Crippen LogP) is 2.07. The second kappa shape index (κ2) is 6.18. The van der Waals surface area contributed by atoms with Crippen LogP contribution in [0.25, 0.3) is 11.3 Å². The summed E-state index contributed by atoms with van der Waals surface area (Å²) in [5, 5.41) is 3.28. The Bertz CT molecular complexity index is 540. The minimum atomic E-state index is -0.217. The van der Waals surface area contributed by atoms with E-state index in [1.807, 2.05) is 48.7 Å². The number of nitrogens with one attached hydrogen (secondary N) is 1. The van der Waals surface area contributed by atoms with Crippen molar-refractivity contribution >= 4 is 11.8 Å². The lowest BCUT2D eigenvalue weighted by Crippen LogP contribution is -2.41. The number of hydrogen-bond acceptors (Lipinski definition) is 3. The van der Waals surface area contributed by atoms with E-state index >= 15 is 0 Å². The molecular weight excluding hydrogens is 240 g/mol. The van der Waals surface area contributed by atoms with Crippen LogP contribution in [-0.4, -0.2) is 19.1 Å². The summed E-state index contributed by atoms with van der Waals surface area (Å²) in [6.45, 7) is 5.29.